The van der Waals surface area contributed by atoms with E-state index in [0.717, 1.165) is 24.0 Å². The summed E-state index contributed by atoms with van der Waals surface area (Å²) in [4.78, 5) is 31.5. The molecule has 0 N–H and O–H groups in total. The summed E-state index contributed by atoms with van der Waals surface area (Å²) in [5, 5.41) is 0. The number of ether oxygens (including phenoxy) is 2. The van der Waals surface area contributed by atoms with Crippen LogP contribution in [-0.4, -0.2) is 72.5 Å². The molecular weight excluding hydrogens is 519 g/mol. The van der Waals surface area contributed by atoms with Crippen LogP contribution < -0.4 is 0 Å². The van der Waals surface area contributed by atoms with E-state index in [2.05, 4.69) is 44.7 Å². The molecule has 2 aromatic rings. The number of rotatable bonds is 9. The molecule has 0 bridgehead atoms. The second-order valence-electron chi connectivity index (χ2n) is 12.8. The minimum absolute atomic E-state index is 0.149. The Morgan fingerprint density at radius 1 is 0.902 bits per heavy atom. The Bertz CT molecular complexity index is 1210. The zero-order valence-corrected chi connectivity index (χ0v) is 25.1. The topological polar surface area (TPSA) is 77.5 Å². The molecule has 2 aromatic carbocycles. The molecule has 0 saturated carbocycles. The summed E-state index contributed by atoms with van der Waals surface area (Å²) in [6.07, 6.45) is 2.45. The second kappa shape index (κ2) is 11.4. The van der Waals surface area contributed by atoms with E-state index in [0.29, 0.717) is 38.9 Å². The Kier molecular flexibility index (Phi) is 8.25. The van der Waals surface area contributed by atoms with E-state index in [1.165, 1.54) is 7.11 Å². The molecule has 0 aromatic heterocycles. The van der Waals surface area contributed by atoms with E-state index in [-0.39, 0.29) is 19.7 Å². The minimum Gasteiger partial charge on any atom is -0.467 e. The van der Waals surface area contributed by atoms with Crippen molar-refractivity contribution in [3.8, 4) is 0 Å². The number of hydrogen-bond acceptors (Lipinski definition) is 7. The van der Waals surface area contributed by atoms with E-state index in [9.17, 15) is 9.59 Å². The van der Waals surface area contributed by atoms with Gasteiger partial charge in [-0.25, -0.2) is 9.59 Å². The molecule has 3 heterocycles. The lowest BCUT2D eigenvalue weighted by Gasteiger charge is -2.41. The minimum atomic E-state index is -1.14. The molecule has 3 aliphatic rings. The van der Waals surface area contributed by atoms with Gasteiger partial charge < -0.3 is 18.8 Å². The van der Waals surface area contributed by atoms with Crippen LogP contribution in [0.5, 0.6) is 0 Å². The lowest BCUT2D eigenvalue weighted by atomic mass is 9.67. The van der Waals surface area contributed by atoms with Gasteiger partial charge in [-0.15, -0.1) is 0 Å². The van der Waals surface area contributed by atoms with Crippen molar-refractivity contribution in [1.29, 1.82) is 0 Å². The maximum atomic E-state index is 13.9. The van der Waals surface area contributed by atoms with Crippen LogP contribution >= 0.6 is 0 Å². The molecule has 2 atom stereocenters. The zero-order valence-electron chi connectivity index (χ0n) is 25.1. The fourth-order valence-electron chi connectivity index (χ4n) is 6.94. The highest BCUT2D eigenvalue weighted by Gasteiger charge is 2.70. The number of carbonyl (C=O) groups excluding carboxylic acids is 2. The number of nitrogens with zero attached hydrogens (tertiary/aromatic N) is 2. The van der Waals surface area contributed by atoms with Crippen molar-refractivity contribution < 1.29 is 28.4 Å². The first-order valence-electron chi connectivity index (χ1n) is 14.7. The molecule has 220 valence electrons. The molecular formula is C32H43BN2O6. The van der Waals surface area contributed by atoms with Gasteiger partial charge in [0.15, 0.2) is 5.54 Å². The molecule has 2 unspecified atom stereocenters. The Morgan fingerprint density at radius 2 is 1.51 bits per heavy atom. The van der Waals surface area contributed by atoms with Crippen molar-refractivity contribution >= 4 is 19.2 Å². The summed E-state index contributed by atoms with van der Waals surface area (Å²) >= 11 is 0. The largest absolute Gasteiger partial charge is 0.467 e. The molecule has 5 rings (SSSR count). The number of carbonyl (C=O) groups is 2. The highest BCUT2D eigenvalue weighted by atomic mass is 16.7. The second-order valence-corrected chi connectivity index (χ2v) is 12.8. The highest BCUT2D eigenvalue weighted by molar-refractivity contribution is 6.45. The lowest BCUT2D eigenvalue weighted by molar-refractivity contribution is -0.156. The Labute approximate surface area is 244 Å². The third-order valence-electron chi connectivity index (χ3n) is 9.73. The third kappa shape index (κ3) is 5.52. The van der Waals surface area contributed by atoms with Crippen molar-refractivity contribution in [2.75, 3.05) is 26.7 Å². The summed E-state index contributed by atoms with van der Waals surface area (Å²) in [6.45, 7) is 10.6. The number of likely N-dealkylation sites (tertiary alicyclic amines) is 2. The highest BCUT2D eigenvalue weighted by Crippen LogP contribution is 2.55. The fourth-order valence-corrected chi connectivity index (χ4v) is 6.94. The third-order valence-corrected chi connectivity index (χ3v) is 9.73. The Balaban J connectivity index is 1.39. The van der Waals surface area contributed by atoms with Crippen molar-refractivity contribution in [1.82, 2.24) is 9.80 Å². The van der Waals surface area contributed by atoms with Crippen LogP contribution in [0.4, 0.5) is 4.79 Å². The van der Waals surface area contributed by atoms with E-state index < -0.39 is 28.2 Å². The molecule has 41 heavy (non-hydrogen) atoms. The lowest BCUT2D eigenvalue weighted by Crippen LogP contribution is -2.62. The molecule has 0 spiro atoms. The number of methoxy groups -OCH3 is 1. The van der Waals surface area contributed by atoms with Gasteiger partial charge in [0, 0.05) is 31.6 Å². The van der Waals surface area contributed by atoms with Gasteiger partial charge >= 0.3 is 19.2 Å². The monoisotopic (exact) mass is 562 g/mol. The SMILES string of the molecule is COC(=O)C12CN(Cc3ccccc3)CC1(CCCB1OC(C)(C)C(C)(C)O1)CCN2C(=O)OCc1ccccc1. The quantitative estimate of drug-likeness (QED) is 0.303. The summed E-state index contributed by atoms with van der Waals surface area (Å²) in [5.41, 5.74) is -0.336. The number of benzene rings is 2. The van der Waals surface area contributed by atoms with Gasteiger partial charge in [0.25, 0.3) is 0 Å². The first-order chi connectivity index (χ1) is 19.5. The van der Waals surface area contributed by atoms with Crippen LogP contribution in [0.1, 0.15) is 58.1 Å². The average Bonchev–Trinajstić information content (AvgIpc) is 3.50. The predicted octanol–water partition coefficient (Wildman–Crippen LogP) is 5.32. The van der Waals surface area contributed by atoms with E-state index >= 15 is 0 Å². The first kappa shape index (κ1) is 29.6. The smallest absolute Gasteiger partial charge is 0.457 e. The van der Waals surface area contributed by atoms with Gasteiger partial charge in [-0.1, -0.05) is 67.1 Å². The Morgan fingerprint density at radius 3 is 2.12 bits per heavy atom. The first-order valence-corrected chi connectivity index (χ1v) is 14.7. The summed E-state index contributed by atoms with van der Waals surface area (Å²) < 4.78 is 23.8. The van der Waals surface area contributed by atoms with Crippen LogP contribution in [0.3, 0.4) is 0 Å². The maximum absolute atomic E-state index is 13.9. The Hall–Kier alpha value is -2.88. The number of fused-ring (bicyclic) bond motifs is 1. The van der Waals surface area contributed by atoms with Gasteiger partial charge in [0.05, 0.1) is 18.3 Å². The molecule has 9 heteroatoms. The van der Waals surface area contributed by atoms with Crippen molar-refractivity contribution in [2.45, 2.75) is 83.2 Å². The maximum Gasteiger partial charge on any atom is 0.457 e. The van der Waals surface area contributed by atoms with E-state index in [1.54, 1.807) is 4.90 Å². The van der Waals surface area contributed by atoms with Gasteiger partial charge in [-0.3, -0.25) is 9.80 Å². The summed E-state index contributed by atoms with van der Waals surface area (Å²) in [5.74, 6) is -0.377. The van der Waals surface area contributed by atoms with Gasteiger partial charge in [-0.2, -0.15) is 0 Å². The number of hydrogen-bond donors (Lipinski definition) is 0. The van der Waals surface area contributed by atoms with E-state index in [4.69, 9.17) is 18.8 Å². The summed E-state index contributed by atoms with van der Waals surface area (Å²) in [6, 6.07) is 19.8. The molecule has 0 radical (unpaired) electrons. The van der Waals surface area contributed by atoms with Crippen LogP contribution in [-0.2, 0) is 36.7 Å². The van der Waals surface area contributed by atoms with Crippen molar-refractivity contribution in [3.63, 3.8) is 0 Å². The molecule has 3 fully saturated rings. The van der Waals surface area contributed by atoms with Crippen LogP contribution in [0.25, 0.3) is 0 Å². The van der Waals surface area contributed by atoms with Crippen molar-refractivity contribution in [2.24, 2.45) is 5.41 Å². The van der Waals surface area contributed by atoms with Crippen LogP contribution in [0.15, 0.2) is 60.7 Å². The van der Waals surface area contributed by atoms with Gasteiger partial charge in [0.1, 0.15) is 6.61 Å². The molecule has 8 nitrogen and oxygen atoms in total. The summed E-state index contributed by atoms with van der Waals surface area (Å²) in [7, 11) is 1.11. The van der Waals surface area contributed by atoms with Gasteiger partial charge in [-0.05, 0) is 58.0 Å². The molecule has 0 aliphatic carbocycles. The van der Waals surface area contributed by atoms with Crippen LogP contribution in [0.2, 0.25) is 6.32 Å². The molecule has 3 saturated heterocycles. The van der Waals surface area contributed by atoms with E-state index in [1.807, 2.05) is 48.5 Å². The average molecular weight is 563 g/mol. The van der Waals surface area contributed by atoms with Gasteiger partial charge in [0.2, 0.25) is 0 Å². The van der Waals surface area contributed by atoms with Crippen molar-refractivity contribution in [3.05, 3.63) is 71.8 Å². The fraction of sp³-hybridized carbons (Fsp3) is 0.562. The predicted molar refractivity (Wildman–Crippen MR) is 157 cm³/mol. The van der Waals surface area contributed by atoms with Crippen LogP contribution in [0, 0.1) is 5.41 Å². The zero-order chi connectivity index (χ0) is 29.3. The molecule has 3 aliphatic heterocycles. The normalized spacial score (nSPS) is 26.7. The number of esters is 1. The number of amides is 1. The standard InChI is InChI=1S/C32H43BN2O6/c1-29(2)30(3,4)41-33(40-29)19-12-17-31-18-20-35(28(37)39-22-26-15-10-7-11-16-26)32(31,27(36)38-5)24-34(23-31)21-25-13-8-6-9-14-25/h6-11,13-16H,12,17-24H2,1-5H3. The molecule has 1 amide bonds.